The van der Waals surface area contributed by atoms with E-state index in [4.69, 9.17) is 5.11 Å². The maximum atomic E-state index is 10.9. The van der Waals surface area contributed by atoms with Crippen LogP contribution in [0.2, 0.25) is 0 Å². The molecular weight excluding hydrogens is 140 g/mol. The predicted octanol–water partition coefficient (Wildman–Crippen LogP) is 1.67. The highest BCUT2D eigenvalue weighted by molar-refractivity contribution is 5.76. The van der Waals surface area contributed by atoms with Gasteiger partial charge in [-0.05, 0) is 31.6 Å². The van der Waals surface area contributed by atoms with Crippen molar-refractivity contribution in [2.24, 2.45) is 17.3 Å². The van der Waals surface area contributed by atoms with Crippen LogP contribution in [0.25, 0.3) is 0 Å². The molecule has 0 spiro atoms. The van der Waals surface area contributed by atoms with Crippen molar-refractivity contribution in [1.82, 2.24) is 0 Å². The van der Waals surface area contributed by atoms with Gasteiger partial charge in [0, 0.05) is 0 Å². The lowest BCUT2D eigenvalue weighted by Crippen LogP contribution is -2.31. The molecule has 1 N–H and O–H groups in total. The van der Waals surface area contributed by atoms with Gasteiger partial charge >= 0.3 is 5.97 Å². The van der Waals surface area contributed by atoms with E-state index in [1.54, 1.807) is 0 Å². The number of carboxylic acid groups (broad SMARTS) is 1. The molecule has 0 aromatic rings. The third kappa shape index (κ3) is 0.753. The number of hydrogen-bond donors (Lipinski definition) is 1. The van der Waals surface area contributed by atoms with Crippen LogP contribution in [-0.2, 0) is 4.79 Å². The molecule has 0 aromatic carbocycles. The van der Waals surface area contributed by atoms with Gasteiger partial charge in [0.1, 0.15) is 0 Å². The second-order valence-corrected chi connectivity index (χ2v) is 3.91. The first-order valence-corrected chi connectivity index (χ1v) is 4.04. The molecule has 0 unspecified atom stereocenters. The highest BCUT2D eigenvalue weighted by Gasteiger charge is 2.50. The van der Waals surface area contributed by atoms with E-state index < -0.39 is 11.4 Å². The Kier molecular flexibility index (Phi) is 1.17. The average molecular weight is 152 g/mol. The van der Waals surface area contributed by atoms with Crippen LogP contribution in [0.5, 0.6) is 0 Å². The van der Waals surface area contributed by atoms with Gasteiger partial charge < -0.3 is 5.11 Å². The van der Waals surface area contributed by atoms with E-state index in [2.05, 4.69) is 12.2 Å². The number of aliphatic carboxylic acids is 1. The van der Waals surface area contributed by atoms with Crippen LogP contribution in [0.4, 0.5) is 0 Å². The molecule has 11 heavy (non-hydrogen) atoms. The summed E-state index contributed by atoms with van der Waals surface area (Å²) >= 11 is 0. The van der Waals surface area contributed by atoms with Crippen LogP contribution in [0.3, 0.4) is 0 Å². The normalized spacial score (nSPS) is 46.6. The van der Waals surface area contributed by atoms with E-state index in [9.17, 15) is 4.79 Å². The Balaban J connectivity index is 2.30. The highest BCUT2D eigenvalue weighted by atomic mass is 16.4. The predicted molar refractivity (Wildman–Crippen MR) is 41.1 cm³/mol. The molecule has 3 atom stereocenters. The zero-order chi connectivity index (χ0) is 8.06. The SMILES string of the molecule is C[C@@]1(C(=O)O)C[C@H]2C=C[C@H]1C2. The summed E-state index contributed by atoms with van der Waals surface area (Å²) in [7, 11) is 0. The zero-order valence-corrected chi connectivity index (χ0v) is 6.58. The minimum Gasteiger partial charge on any atom is -0.481 e. The summed E-state index contributed by atoms with van der Waals surface area (Å²) < 4.78 is 0. The molecule has 60 valence electrons. The highest BCUT2D eigenvalue weighted by Crippen LogP contribution is 2.51. The first-order chi connectivity index (χ1) is 5.13. The summed E-state index contributed by atoms with van der Waals surface area (Å²) in [5.41, 5.74) is -0.459. The summed E-state index contributed by atoms with van der Waals surface area (Å²) in [5.74, 6) is 0.209. The Labute approximate surface area is 65.9 Å². The van der Waals surface area contributed by atoms with Gasteiger partial charge in [-0.25, -0.2) is 0 Å². The van der Waals surface area contributed by atoms with E-state index in [0.29, 0.717) is 11.8 Å². The molecule has 1 fully saturated rings. The number of rotatable bonds is 1. The topological polar surface area (TPSA) is 37.3 Å². The van der Waals surface area contributed by atoms with Gasteiger partial charge in [0.15, 0.2) is 0 Å². The van der Waals surface area contributed by atoms with Crippen molar-refractivity contribution in [3.63, 3.8) is 0 Å². The van der Waals surface area contributed by atoms with Crippen LogP contribution in [0, 0.1) is 17.3 Å². The lowest BCUT2D eigenvalue weighted by Gasteiger charge is -2.25. The standard InChI is InChI=1S/C9H12O2/c1-9(8(10)11)5-6-2-3-7(9)4-6/h2-3,6-7H,4-5H2,1H3,(H,10,11)/t6-,7-,9+/m0/s1. The number of allylic oxidation sites excluding steroid dienone is 2. The van der Waals surface area contributed by atoms with Crippen LogP contribution in [0.1, 0.15) is 19.8 Å². The largest absolute Gasteiger partial charge is 0.481 e. The third-order valence-corrected chi connectivity index (χ3v) is 3.17. The van der Waals surface area contributed by atoms with Crippen molar-refractivity contribution in [2.45, 2.75) is 19.8 Å². The van der Waals surface area contributed by atoms with Crippen molar-refractivity contribution < 1.29 is 9.90 Å². The Morgan fingerprint density at radius 1 is 1.64 bits per heavy atom. The van der Waals surface area contributed by atoms with Crippen LogP contribution in [-0.4, -0.2) is 11.1 Å². The van der Waals surface area contributed by atoms with Gasteiger partial charge in [-0.15, -0.1) is 0 Å². The molecule has 0 radical (unpaired) electrons. The van der Waals surface area contributed by atoms with Gasteiger partial charge in [-0.2, -0.15) is 0 Å². The maximum Gasteiger partial charge on any atom is 0.309 e. The molecule has 1 saturated carbocycles. The summed E-state index contributed by atoms with van der Waals surface area (Å²) in [6, 6.07) is 0. The van der Waals surface area contributed by atoms with Gasteiger partial charge in [0.05, 0.1) is 5.41 Å². The minimum absolute atomic E-state index is 0.296. The minimum atomic E-state index is -0.630. The van der Waals surface area contributed by atoms with Crippen LogP contribution >= 0.6 is 0 Å². The van der Waals surface area contributed by atoms with E-state index in [-0.39, 0.29) is 0 Å². The van der Waals surface area contributed by atoms with Crippen LogP contribution < -0.4 is 0 Å². The second kappa shape index (κ2) is 1.87. The Morgan fingerprint density at radius 2 is 2.36 bits per heavy atom. The number of fused-ring (bicyclic) bond motifs is 2. The van der Waals surface area contributed by atoms with E-state index in [0.717, 1.165) is 12.8 Å². The lowest BCUT2D eigenvalue weighted by atomic mass is 9.78. The van der Waals surface area contributed by atoms with Crippen molar-refractivity contribution in [2.75, 3.05) is 0 Å². The molecule has 2 aliphatic rings. The molecule has 0 heterocycles. The monoisotopic (exact) mass is 152 g/mol. The second-order valence-electron chi connectivity index (χ2n) is 3.91. The first-order valence-electron chi connectivity index (χ1n) is 4.04. The summed E-state index contributed by atoms with van der Waals surface area (Å²) in [6.45, 7) is 1.86. The summed E-state index contributed by atoms with van der Waals surface area (Å²) in [4.78, 5) is 10.9. The van der Waals surface area contributed by atoms with E-state index in [1.165, 1.54) is 0 Å². The lowest BCUT2D eigenvalue weighted by molar-refractivity contribution is -0.149. The molecule has 0 aliphatic heterocycles. The molecule has 2 nitrogen and oxygen atoms in total. The van der Waals surface area contributed by atoms with Crippen LogP contribution in [0.15, 0.2) is 12.2 Å². The molecule has 2 rings (SSSR count). The Hall–Kier alpha value is -0.790. The maximum absolute atomic E-state index is 10.9. The van der Waals surface area contributed by atoms with Gasteiger partial charge in [0.25, 0.3) is 0 Å². The Morgan fingerprint density at radius 3 is 2.64 bits per heavy atom. The number of carboxylic acids is 1. The molecule has 2 heteroatoms. The fourth-order valence-corrected chi connectivity index (χ4v) is 2.34. The third-order valence-electron chi connectivity index (χ3n) is 3.17. The fraction of sp³-hybridized carbons (Fsp3) is 0.667. The number of hydrogen-bond acceptors (Lipinski definition) is 1. The smallest absolute Gasteiger partial charge is 0.309 e. The molecule has 2 aliphatic carbocycles. The molecular formula is C9H12O2. The van der Waals surface area contributed by atoms with Crippen molar-refractivity contribution in [3.8, 4) is 0 Å². The molecule has 0 aromatic heterocycles. The van der Waals surface area contributed by atoms with E-state index in [1.807, 2.05) is 6.92 Å². The molecule has 0 amide bonds. The summed E-state index contributed by atoms with van der Waals surface area (Å²) in [6.07, 6.45) is 6.13. The van der Waals surface area contributed by atoms with Crippen molar-refractivity contribution >= 4 is 5.97 Å². The summed E-state index contributed by atoms with van der Waals surface area (Å²) in [5, 5.41) is 8.96. The van der Waals surface area contributed by atoms with Gasteiger partial charge in [-0.1, -0.05) is 12.2 Å². The van der Waals surface area contributed by atoms with Crippen molar-refractivity contribution in [1.29, 1.82) is 0 Å². The number of carbonyl (C=O) groups is 1. The van der Waals surface area contributed by atoms with E-state index >= 15 is 0 Å². The quantitative estimate of drug-likeness (QED) is 0.580. The first kappa shape index (κ1) is 6.89. The average Bonchev–Trinajstić information content (AvgIpc) is 2.45. The zero-order valence-electron chi connectivity index (χ0n) is 6.58. The molecule has 2 bridgehead atoms. The molecule has 0 saturated heterocycles. The Bertz CT molecular complexity index is 232. The van der Waals surface area contributed by atoms with Gasteiger partial charge in [-0.3, -0.25) is 4.79 Å². The van der Waals surface area contributed by atoms with Crippen molar-refractivity contribution in [3.05, 3.63) is 12.2 Å². The van der Waals surface area contributed by atoms with Gasteiger partial charge in [0.2, 0.25) is 0 Å². The fourth-order valence-electron chi connectivity index (χ4n) is 2.34.